The summed E-state index contributed by atoms with van der Waals surface area (Å²) in [5, 5.41) is 18.3. The zero-order valence-electron chi connectivity index (χ0n) is 9.06. The third-order valence-corrected chi connectivity index (χ3v) is 2.32. The van der Waals surface area contributed by atoms with Crippen LogP contribution in [0.2, 0.25) is 0 Å². The molecule has 4 heteroatoms. The first-order chi connectivity index (χ1) is 6.93. The van der Waals surface area contributed by atoms with Gasteiger partial charge in [-0.15, -0.1) is 0 Å². The van der Waals surface area contributed by atoms with Crippen LogP contribution in [0.1, 0.15) is 24.2 Å². The second kappa shape index (κ2) is 4.21. The van der Waals surface area contributed by atoms with Crippen LogP contribution < -0.4 is 0 Å². The number of carbonyl (C=O) groups excluding carboxylic acids is 1. The van der Waals surface area contributed by atoms with Crippen molar-refractivity contribution in [3.05, 3.63) is 23.8 Å². The highest BCUT2D eigenvalue weighted by Crippen LogP contribution is 2.25. The number of hydrogen-bond donors (Lipinski definition) is 2. The van der Waals surface area contributed by atoms with E-state index in [1.807, 2.05) is 13.8 Å². The van der Waals surface area contributed by atoms with Gasteiger partial charge < -0.3 is 15.1 Å². The molecule has 0 bridgehead atoms. The second-order valence-electron chi connectivity index (χ2n) is 3.71. The lowest BCUT2D eigenvalue weighted by atomic mass is 10.1. The van der Waals surface area contributed by atoms with Gasteiger partial charge in [-0.2, -0.15) is 0 Å². The fourth-order valence-electron chi connectivity index (χ4n) is 1.09. The van der Waals surface area contributed by atoms with Crippen LogP contribution in [-0.2, 0) is 0 Å². The van der Waals surface area contributed by atoms with Gasteiger partial charge in [0.2, 0.25) is 0 Å². The van der Waals surface area contributed by atoms with Gasteiger partial charge in [-0.25, -0.2) is 0 Å². The standard InChI is InChI=1S/C11H15NO3/c1-7(2)12(3)11(15)8-4-5-9(13)10(14)6-8/h4-7,13-14H,1-3H3. The molecular formula is C11H15NO3. The molecule has 2 N–H and O–H groups in total. The number of hydrogen-bond acceptors (Lipinski definition) is 3. The van der Waals surface area contributed by atoms with E-state index in [0.29, 0.717) is 5.56 Å². The monoisotopic (exact) mass is 209 g/mol. The SMILES string of the molecule is CC(C)N(C)C(=O)c1ccc(O)c(O)c1. The lowest BCUT2D eigenvalue weighted by Gasteiger charge is -2.21. The molecule has 0 aliphatic rings. The lowest BCUT2D eigenvalue weighted by Crippen LogP contribution is -2.32. The summed E-state index contributed by atoms with van der Waals surface area (Å²) in [4.78, 5) is 13.3. The largest absolute Gasteiger partial charge is 0.504 e. The van der Waals surface area contributed by atoms with Crippen LogP contribution in [0.4, 0.5) is 0 Å². The molecule has 0 saturated carbocycles. The highest BCUT2D eigenvalue weighted by atomic mass is 16.3. The Morgan fingerprint density at radius 3 is 2.33 bits per heavy atom. The Kier molecular flexibility index (Phi) is 3.19. The summed E-state index contributed by atoms with van der Waals surface area (Å²) in [5.41, 5.74) is 0.363. The first-order valence-electron chi connectivity index (χ1n) is 4.72. The number of amides is 1. The predicted octanol–water partition coefficient (Wildman–Crippen LogP) is 1.58. The van der Waals surface area contributed by atoms with Crippen molar-refractivity contribution in [2.75, 3.05) is 7.05 Å². The molecule has 15 heavy (non-hydrogen) atoms. The maximum atomic E-state index is 11.8. The first-order valence-corrected chi connectivity index (χ1v) is 4.72. The molecule has 0 aromatic heterocycles. The van der Waals surface area contributed by atoms with E-state index < -0.39 is 0 Å². The number of phenolic OH excluding ortho intramolecular Hbond substituents is 2. The minimum Gasteiger partial charge on any atom is -0.504 e. The second-order valence-corrected chi connectivity index (χ2v) is 3.71. The average Bonchev–Trinajstić information content (AvgIpc) is 2.19. The van der Waals surface area contributed by atoms with E-state index in [-0.39, 0.29) is 23.4 Å². The highest BCUT2D eigenvalue weighted by Gasteiger charge is 2.15. The predicted molar refractivity (Wildman–Crippen MR) is 57.0 cm³/mol. The lowest BCUT2D eigenvalue weighted by molar-refractivity contribution is 0.0754. The third kappa shape index (κ3) is 2.40. The van der Waals surface area contributed by atoms with Crippen LogP contribution in [0.3, 0.4) is 0 Å². The smallest absolute Gasteiger partial charge is 0.253 e. The molecule has 0 aliphatic heterocycles. The van der Waals surface area contributed by atoms with Gasteiger partial charge in [-0.3, -0.25) is 4.79 Å². The van der Waals surface area contributed by atoms with Crippen molar-refractivity contribution in [2.24, 2.45) is 0 Å². The highest BCUT2D eigenvalue weighted by molar-refractivity contribution is 5.94. The Bertz CT molecular complexity index is 374. The Hall–Kier alpha value is -1.71. The molecule has 0 spiro atoms. The molecule has 0 unspecified atom stereocenters. The molecular weight excluding hydrogens is 194 g/mol. The third-order valence-electron chi connectivity index (χ3n) is 2.32. The zero-order chi connectivity index (χ0) is 11.6. The Balaban J connectivity index is 2.97. The molecule has 0 aliphatic carbocycles. The Morgan fingerprint density at radius 1 is 1.27 bits per heavy atom. The number of nitrogens with zero attached hydrogens (tertiary/aromatic N) is 1. The summed E-state index contributed by atoms with van der Waals surface area (Å²) in [5.74, 6) is -0.683. The molecule has 0 radical (unpaired) electrons. The minimum absolute atomic E-state index is 0.0912. The van der Waals surface area contributed by atoms with Crippen molar-refractivity contribution in [3.63, 3.8) is 0 Å². The van der Waals surface area contributed by atoms with Crippen molar-refractivity contribution >= 4 is 5.91 Å². The van der Waals surface area contributed by atoms with Gasteiger partial charge >= 0.3 is 0 Å². The fraction of sp³-hybridized carbons (Fsp3) is 0.364. The molecule has 1 aromatic carbocycles. The average molecular weight is 209 g/mol. The van der Waals surface area contributed by atoms with Gasteiger partial charge in [-0.1, -0.05) is 0 Å². The fourth-order valence-corrected chi connectivity index (χ4v) is 1.09. The molecule has 1 amide bonds. The van der Waals surface area contributed by atoms with E-state index in [9.17, 15) is 9.90 Å². The molecule has 0 saturated heterocycles. The van der Waals surface area contributed by atoms with E-state index in [2.05, 4.69) is 0 Å². The van der Waals surface area contributed by atoms with Crippen LogP contribution in [0.25, 0.3) is 0 Å². The maximum absolute atomic E-state index is 11.8. The van der Waals surface area contributed by atoms with E-state index >= 15 is 0 Å². The van der Waals surface area contributed by atoms with E-state index in [1.165, 1.54) is 18.2 Å². The molecule has 82 valence electrons. The number of benzene rings is 1. The van der Waals surface area contributed by atoms with E-state index in [0.717, 1.165) is 0 Å². The summed E-state index contributed by atoms with van der Waals surface area (Å²) < 4.78 is 0. The van der Waals surface area contributed by atoms with E-state index in [1.54, 1.807) is 11.9 Å². The maximum Gasteiger partial charge on any atom is 0.253 e. The Morgan fingerprint density at radius 2 is 1.87 bits per heavy atom. The van der Waals surface area contributed by atoms with E-state index in [4.69, 9.17) is 5.11 Å². The summed E-state index contributed by atoms with van der Waals surface area (Å²) >= 11 is 0. The van der Waals surface area contributed by atoms with Gasteiger partial charge in [0, 0.05) is 18.7 Å². The zero-order valence-corrected chi connectivity index (χ0v) is 9.06. The molecule has 4 nitrogen and oxygen atoms in total. The number of carbonyl (C=O) groups is 1. The van der Waals surface area contributed by atoms with Gasteiger partial charge in [-0.05, 0) is 32.0 Å². The number of rotatable bonds is 2. The van der Waals surface area contributed by atoms with Gasteiger partial charge in [0.1, 0.15) is 0 Å². The van der Waals surface area contributed by atoms with Gasteiger partial charge in [0.15, 0.2) is 11.5 Å². The van der Waals surface area contributed by atoms with Gasteiger partial charge in [0.05, 0.1) is 0 Å². The number of aromatic hydroxyl groups is 2. The van der Waals surface area contributed by atoms with Crippen LogP contribution >= 0.6 is 0 Å². The summed E-state index contributed by atoms with van der Waals surface area (Å²) in [6, 6.07) is 4.14. The van der Waals surface area contributed by atoms with Crippen LogP contribution in [0.5, 0.6) is 11.5 Å². The molecule has 0 heterocycles. The molecule has 1 rings (SSSR count). The van der Waals surface area contributed by atoms with Crippen molar-refractivity contribution in [3.8, 4) is 11.5 Å². The molecule has 1 aromatic rings. The quantitative estimate of drug-likeness (QED) is 0.727. The summed E-state index contributed by atoms with van der Waals surface area (Å²) in [7, 11) is 1.69. The minimum atomic E-state index is -0.280. The van der Waals surface area contributed by atoms with Crippen LogP contribution in [0, 0.1) is 0 Å². The molecule has 0 atom stereocenters. The van der Waals surface area contributed by atoms with Crippen molar-refractivity contribution in [2.45, 2.75) is 19.9 Å². The topological polar surface area (TPSA) is 60.8 Å². The first kappa shape index (κ1) is 11.4. The van der Waals surface area contributed by atoms with Gasteiger partial charge in [0.25, 0.3) is 5.91 Å². The summed E-state index contributed by atoms with van der Waals surface area (Å²) in [6.07, 6.45) is 0. The van der Waals surface area contributed by atoms with Crippen molar-refractivity contribution in [1.82, 2.24) is 4.90 Å². The van der Waals surface area contributed by atoms with Crippen molar-refractivity contribution < 1.29 is 15.0 Å². The van der Waals surface area contributed by atoms with Crippen LogP contribution in [-0.4, -0.2) is 34.1 Å². The van der Waals surface area contributed by atoms with Crippen LogP contribution in [0.15, 0.2) is 18.2 Å². The number of phenols is 2. The normalized spacial score (nSPS) is 10.4. The Labute approximate surface area is 88.8 Å². The molecule has 0 fully saturated rings. The summed E-state index contributed by atoms with van der Waals surface area (Å²) in [6.45, 7) is 3.80. The van der Waals surface area contributed by atoms with Crippen molar-refractivity contribution in [1.29, 1.82) is 0 Å².